The average Bonchev–Trinajstić information content (AvgIpc) is 2.20. The van der Waals surface area contributed by atoms with Crippen molar-refractivity contribution in [2.45, 2.75) is 25.4 Å². The van der Waals surface area contributed by atoms with Crippen molar-refractivity contribution < 1.29 is 9.53 Å². The van der Waals surface area contributed by atoms with Crippen molar-refractivity contribution in [2.24, 2.45) is 0 Å². The molecule has 0 aliphatic rings. The number of hydrogen-bond acceptors (Lipinski definition) is 2. The highest BCUT2D eigenvalue weighted by atomic mass is 16.5. The van der Waals surface area contributed by atoms with E-state index >= 15 is 0 Å². The van der Waals surface area contributed by atoms with Crippen molar-refractivity contribution in [3.05, 3.63) is 35.9 Å². The van der Waals surface area contributed by atoms with Gasteiger partial charge in [0.1, 0.15) is 0 Å². The molecule has 1 aromatic rings. The van der Waals surface area contributed by atoms with Gasteiger partial charge in [0.15, 0.2) is 0 Å². The molecule has 0 aliphatic heterocycles. The average molecular weight is 191 g/mol. The quantitative estimate of drug-likeness (QED) is 0.712. The van der Waals surface area contributed by atoms with Crippen molar-refractivity contribution in [3.8, 4) is 0 Å². The lowest BCUT2D eigenvalue weighted by Crippen LogP contribution is -2.30. The predicted molar refractivity (Wildman–Crippen MR) is 55.9 cm³/mol. The lowest BCUT2D eigenvalue weighted by atomic mass is 9.93. The monoisotopic (exact) mass is 191 g/mol. The minimum Gasteiger partial charge on any atom is -0.378 e. The first-order valence-corrected chi connectivity index (χ1v) is 4.64. The second-order valence-corrected chi connectivity index (χ2v) is 3.64. The van der Waals surface area contributed by atoms with Gasteiger partial charge in [-0.15, -0.1) is 0 Å². The highest BCUT2D eigenvalue weighted by molar-refractivity contribution is 5.52. The van der Waals surface area contributed by atoms with E-state index in [1.54, 1.807) is 7.11 Å². The van der Waals surface area contributed by atoms with E-state index in [1.165, 1.54) is 5.56 Å². The molecule has 75 valence electrons. The van der Waals surface area contributed by atoms with Gasteiger partial charge >= 0.3 is 0 Å². The summed E-state index contributed by atoms with van der Waals surface area (Å²) in [6, 6.07) is 10.00. The zero-order chi connectivity index (χ0) is 10.4. The first-order chi connectivity index (χ1) is 6.70. The lowest BCUT2D eigenvalue weighted by molar-refractivity contribution is 0.0124. The molecule has 0 saturated heterocycles. The lowest BCUT2D eigenvalue weighted by Gasteiger charge is -2.25. The number of benzene rings is 1. The fourth-order valence-corrected chi connectivity index (χ4v) is 1.39. The summed E-state index contributed by atoms with van der Waals surface area (Å²) in [6.45, 7) is 1.92. The highest BCUT2D eigenvalue weighted by Crippen LogP contribution is 2.19. The van der Waals surface area contributed by atoms with Crippen molar-refractivity contribution in [1.82, 2.24) is 0 Å². The number of hydrogen-bond donors (Lipinski definition) is 0. The third-order valence-electron chi connectivity index (χ3n) is 2.36. The molecule has 1 atom stereocenters. The summed E-state index contributed by atoms with van der Waals surface area (Å²) in [5.41, 5.74) is 0.746. The van der Waals surface area contributed by atoms with Crippen LogP contribution in [0.4, 0.5) is 0 Å². The molecule has 1 radical (unpaired) electrons. The summed E-state index contributed by atoms with van der Waals surface area (Å²) in [7, 11) is 1.63. The van der Waals surface area contributed by atoms with Gasteiger partial charge in [0.2, 0.25) is 6.29 Å². The number of ether oxygens (including phenoxy) is 1. The smallest absolute Gasteiger partial charge is 0.201 e. The molecule has 2 nitrogen and oxygen atoms in total. The maximum atomic E-state index is 10.4. The van der Waals surface area contributed by atoms with Gasteiger partial charge in [0.25, 0.3) is 0 Å². The van der Waals surface area contributed by atoms with Crippen molar-refractivity contribution in [3.63, 3.8) is 0 Å². The van der Waals surface area contributed by atoms with Crippen molar-refractivity contribution in [1.29, 1.82) is 0 Å². The first-order valence-electron chi connectivity index (χ1n) is 4.64. The Kier molecular flexibility index (Phi) is 3.84. The van der Waals surface area contributed by atoms with Crippen LogP contribution in [0.1, 0.15) is 18.9 Å². The SMILES string of the molecule is COC(C)(C[C]=O)Cc1ccccc1. The molecule has 0 spiro atoms. The van der Waals surface area contributed by atoms with Crippen LogP contribution < -0.4 is 0 Å². The summed E-state index contributed by atoms with van der Waals surface area (Å²) in [4.78, 5) is 10.4. The second-order valence-electron chi connectivity index (χ2n) is 3.64. The fraction of sp³-hybridized carbons (Fsp3) is 0.417. The Hall–Kier alpha value is -1.15. The van der Waals surface area contributed by atoms with Crippen LogP contribution in [0.5, 0.6) is 0 Å². The second kappa shape index (κ2) is 4.91. The Bertz CT molecular complexity index is 282. The van der Waals surface area contributed by atoms with Crippen LogP contribution in [-0.2, 0) is 16.0 Å². The molecule has 1 aromatic carbocycles. The van der Waals surface area contributed by atoms with Crippen LogP contribution in [0.25, 0.3) is 0 Å². The standard InChI is InChI=1S/C12H15O2/c1-12(14-2,8-9-13)10-11-6-4-3-5-7-11/h3-7H,8,10H2,1-2H3. The summed E-state index contributed by atoms with van der Waals surface area (Å²) < 4.78 is 5.32. The van der Waals surface area contributed by atoms with Gasteiger partial charge in [-0.2, -0.15) is 0 Å². The van der Waals surface area contributed by atoms with Crippen LogP contribution >= 0.6 is 0 Å². The molecule has 0 amide bonds. The number of methoxy groups -OCH3 is 1. The van der Waals surface area contributed by atoms with Gasteiger partial charge in [0, 0.05) is 20.0 Å². The molecule has 1 rings (SSSR count). The molecule has 0 aromatic heterocycles. The van der Waals surface area contributed by atoms with Gasteiger partial charge in [-0.3, -0.25) is 4.79 Å². The maximum absolute atomic E-state index is 10.4. The van der Waals surface area contributed by atoms with E-state index in [-0.39, 0.29) is 0 Å². The fourth-order valence-electron chi connectivity index (χ4n) is 1.39. The third kappa shape index (κ3) is 2.96. The van der Waals surface area contributed by atoms with Crippen LogP contribution in [-0.4, -0.2) is 19.0 Å². The van der Waals surface area contributed by atoms with E-state index in [1.807, 2.05) is 43.5 Å². The number of rotatable bonds is 5. The normalized spacial score (nSPS) is 14.7. The Morgan fingerprint density at radius 2 is 2.00 bits per heavy atom. The summed E-state index contributed by atoms with van der Waals surface area (Å²) in [5, 5.41) is 0. The molecule has 0 N–H and O–H groups in total. The third-order valence-corrected chi connectivity index (χ3v) is 2.36. The molecule has 14 heavy (non-hydrogen) atoms. The Balaban J connectivity index is 2.70. The molecule has 0 aliphatic carbocycles. The van der Waals surface area contributed by atoms with Gasteiger partial charge in [0.05, 0.1) is 5.60 Å². The van der Waals surface area contributed by atoms with Crippen LogP contribution in [0.2, 0.25) is 0 Å². The molecule has 1 unspecified atom stereocenters. The van der Waals surface area contributed by atoms with Crippen molar-refractivity contribution in [2.75, 3.05) is 7.11 Å². The van der Waals surface area contributed by atoms with Crippen LogP contribution in [0.15, 0.2) is 30.3 Å². The summed E-state index contributed by atoms with van der Waals surface area (Å²) in [6.07, 6.45) is 2.94. The molecule has 0 fully saturated rings. The molecular formula is C12H15O2. The Morgan fingerprint density at radius 1 is 1.36 bits per heavy atom. The van der Waals surface area contributed by atoms with E-state index in [4.69, 9.17) is 4.74 Å². The van der Waals surface area contributed by atoms with Crippen LogP contribution in [0.3, 0.4) is 0 Å². The zero-order valence-corrected chi connectivity index (χ0v) is 8.62. The number of carbonyl (C=O) groups excluding carboxylic acids is 1. The Labute approximate surface area is 84.9 Å². The maximum Gasteiger partial charge on any atom is 0.201 e. The van der Waals surface area contributed by atoms with Gasteiger partial charge in [-0.05, 0) is 12.5 Å². The minimum absolute atomic E-state index is 0.304. The summed E-state index contributed by atoms with van der Waals surface area (Å²) >= 11 is 0. The molecule has 2 heteroatoms. The van der Waals surface area contributed by atoms with Gasteiger partial charge < -0.3 is 4.74 Å². The van der Waals surface area contributed by atoms with Crippen LogP contribution in [0, 0.1) is 0 Å². The van der Waals surface area contributed by atoms with E-state index in [0.717, 1.165) is 6.42 Å². The highest BCUT2D eigenvalue weighted by Gasteiger charge is 2.23. The topological polar surface area (TPSA) is 26.3 Å². The minimum atomic E-state index is -0.427. The van der Waals surface area contributed by atoms with E-state index in [9.17, 15) is 4.79 Å². The molecule has 0 bridgehead atoms. The Morgan fingerprint density at radius 3 is 2.50 bits per heavy atom. The van der Waals surface area contributed by atoms with Crippen molar-refractivity contribution >= 4 is 6.29 Å². The first kappa shape index (κ1) is 10.9. The van der Waals surface area contributed by atoms with Gasteiger partial charge in [-0.1, -0.05) is 30.3 Å². The van der Waals surface area contributed by atoms with Gasteiger partial charge in [-0.25, -0.2) is 0 Å². The molecule has 0 heterocycles. The predicted octanol–water partition coefficient (Wildman–Crippen LogP) is 2.13. The molecular weight excluding hydrogens is 176 g/mol. The zero-order valence-electron chi connectivity index (χ0n) is 8.62. The summed E-state index contributed by atoms with van der Waals surface area (Å²) in [5.74, 6) is 0. The van der Waals surface area contributed by atoms with E-state index in [0.29, 0.717) is 6.42 Å². The largest absolute Gasteiger partial charge is 0.378 e. The molecule has 0 saturated carbocycles. The van der Waals surface area contributed by atoms with E-state index < -0.39 is 5.60 Å². The van der Waals surface area contributed by atoms with E-state index in [2.05, 4.69) is 0 Å².